The molecular formula is C15H16BrNO2. The first-order valence-corrected chi connectivity index (χ1v) is 7.55. The van der Waals surface area contributed by atoms with E-state index in [4.69, 9.17) is 4.74 Å². The van der Waals surface area contributed by atoms with Gasteiger partial charge in [0.25, 0.3) is 0 Å². The van der Waals surface area contributed by atoms with Gasteiger partial charge in [-0.3, -0.25) is 0 Å². The van der Waals surface area contributed by atoms with Crippen molar-refractivity contribution < 1.29 is 9.53 Å². The lowest BCUT2D eigenvalue weighted by Crippen LogP contribution is -2.20. The minimum absolute atomic E-state index is 0.375. The molecule has 0 saturated heterocycles. The van der Waals surface area contributed by atoms with Crippen LogP contribution in [0.5, 0.6) is 5.75 Å². The molecule has 4 heteroatoms. The Balaban J connectivity index is 1.84. The summed E-state index contributed by atoms with van der Waals surface area (Å²) in [5, 5.41) is 0. The first kappa shape index (κ1) is 12.9. The van der Waals surface area contributed by atoms with Crippen LogP contribution in [-0.4, -0.2) is 12.7 Å². The van der Waals surface area contributed by atoms with E-state index in [1.807, 2.05) is 18.2 Å². The average Bonchev–Trinajstić information content (AvgIpc) is 3.10. The summed E-state index contributed by atoms with van der Waals surface area (Å²) in [6, 6.07) is 5.96. The second kappa shape index (κ2) is 5.10. The number of nitrogens with zero attached hydrogens (tertiary/aromatic N) is 1. The summed E-state index contributed by atoms with van der Waals surface area (Å²) in [6.45, 7) is 0.773. The number of aliphatic imine (C=N–C) groups is 1. The Morgan fingerprint density at radius 3 is 2.79 bits per heavy atom. The molecule has 0 N–H and O–H groups in total. The van der Waals surface area contributed by atoms with E-state index in [1.165, 1.54) is 19.3 Å². The maximum absolute atomic E-state index is 10.6. The fourth-order valence-electron chi connectivity index (χ4n) is 2.51. The molecule has 0 bridgehead atoms. The summed E-state index contributed by atoms with van der Waals surface area (Å²) >= 11 is 3.48. The van der Waals surface area contributed by atoms with Gasteiger partial charge in [-0.15, -0.1) is 0 Å². The van der Waals surface area contributed by atoms with Crippen molar-refractivity contribution in [3.05, 3.63) is 28.2 Å². The van der Waals surface area contributed by atoms with Crippen LogP contribution in [0, 0.1) is 5.92 Å². The molecule has 0 atom stereocenters. The SMILES string of the molecule is O=C=NC1(c2cc(Br)ccc2OCC2CCC2)CC1. The molecule has 0 aromatic heterocycles. The Bertz CT molecular complexity index is 529. The molecule has 2 saturated carbocycles. The largest absolute Gasteiger partial charge is 0.493 e. The Kier molecular flexibility index (Phi) is 3.46. The van der Waals surface area contributed by atoms with Crippen molar-refractivity contribution in [2.45, 2.75) is 37.6 Å². The van der Waals surface area contributed by atoms with Crippen molar-refractivity contribution in [3.8, 4) is 5.75 Å². The number of hydrogen-bond donors (Lipinski definition) is 0. The maximum atomic E-state index is 10.6. The van der Waals surface area contributed by atoms with Gasteiger partial charge in [0, 0.05) is 10.0 Å². The molecule has 1 aromatic rings. The lowest BCUT2D eigenvalue weighted by molar-refractivity contribution is 0.178. The van der Waals surface area contributed by atoms with Crippen molar-refractivity contribution in [1.29, 1.82) is 0 Å². The highest BCUT2D eigenvalue weighted by Crippen LogP contribution is 2.52. The van der Waals surface area contributed by atoms with Crippen LogP contribution in [0.1, 0.15) is 37.7 Å². The highest BCUT2D eigenvalue weighted by molar-refractivity contribution is 9.10. The lowest BCUT2D eigenvalue weighted by atomic mass is 9.86. The fourth-order valence-corrected chi connectivity index (χ4v) is 2.87. The first-order valence-electron chi connectivity index (χ1n) is 6.75. The van der Waals surface area contributed by atoms with Crippen LogP contribution in [0.2, 0.25) is 0 Å². The summed E-state index contributed by atoms with van der Waals surface area (Å²) in [5.41, 5.74) is 0.644. The van der Waals surface area contributed by atoms with Crippen LogP contribution in [0.25, 0.3) is 0 Å². The van der Waals surface area contributed by atoms with Gasteiger partial charge in [-0.2, -0.15) is 4.99 Å². The summed E-state index contributed by atoms with van der Waals surface area (Å²) < 4.78 is 6.95. The number of carbonyl (C=O) groups excluding carboxylic acids is 1. The third-order valence-electron chi connectivity index (χ3n) is 4.13. The second-order valence-electron chi connectivity index (χ2n) is 5.48. The summed E-state index contributed by atoms with van der Waals surface area (Å²) in [5.74, 6) is 1.56. The zero-order valence-corrected chi connectivity index (χ0v) is 12.3. The van der Waals surface area contributed by atoms with E-state index in [0.717, 1.165) is 35.2 Å². The Morgan fingerprint density at radius 2 is 2.21 bits per heavy atom. The average molecular weight is 322 g/mol. The summed E-state index contributed by atoms with van der Waals surface area (Å²) in [4.78, 5) is 14.6. The van der Waals surface area contributed by atoms with Gasteiger partial charge >= 0.3 is 0 Å². The fraction of sp³-hybridized carbons (Fsp3) is 0.533. The molecule has 0 unspecified atom stereocenters. The van der Waals surface area contributed by atoms with Crippen LogP contribution in [0.3, 0.4) is 0 Å². The van der Waals surface area contributed by atoms with E-state index in [0.29, 0.717) is 5.92 Å². The third kappa shape index (κ3) is 2.60. The zero-order valence-electron chi connectivity index (χ0n) is 10.7. The first-order chi connectivity index (χ1) is 9.23. The van der Waals surface area contributed by atoms with Gasteiger partial charge in [0.15, 0.2) is 0 Å². The smallest absolute Gasteiger partial charge is 0.235 e. The van der Waals surface area contributed by atoms with Crippen LogP contribution < -0.4 is 4.74 Å². The highest BCUT2D eigenvalue weighted by Gasteiger charge is 2.47. The van der Waals surface area contributed by atoms with Crippen molar-refractivity contribution >= 4 is 22.0 Å². The Morgan fingerprint density at radius 1 is 1.42 bits per heavy atom. The van der Waals surface area contributed by atoms with Crippen LogP contribution in [0.4, 0.5) is 0 Å². The molecule has 2 fully saturated rings. The molecule has 3 rings (SSSR count). The third-order valence-corrected chi connectivity index (χ3v) is 4.62. The molecule has 2 aliphatic carbocycles. The van der Waals surface area contributed by atoms with Crippen molar-refractivity contribution in [2.24, 2.45) is 10.9 Å². The zero-order chi connectivity index (χ0) is 13.3. The van der Waals surface area contributed by atoms with E-state index in [1.54, 1.807) is 6.08 Å². The number of hydrogen-bond acceptors (Lipinski definition) is 3. The van der Waals surface area contributed by atoms with Crippen LogP contribution in [0.15, 0.2) is 27.7 Å². The van der Waals surface area contributed by atoms with E-state index in [-0.39, 0.29) is 5.54 Å². The van der Waals surface area contributed by atoms with Gasteiger partial charge in [-0.1, -0.05) is 22.4 Å². The molecule has 0 heterocycles. The van der Waals surface area contributed by atoms with Crippen molar-refractivity contribution in [3.63, 3.8) is 0 Å². The van der Waals surface area contributed by atoms with Gasteiger partial charge in [0.2, 0.25) is 6.08 Å². The number of isocyanates is 1. The van der Waals surface area contributed by atoms with Gasteiger partial charge in [-0.05, 0) is 49.8 Å². The Hall–Kier alpha value is -1.12. The molecule has 0 aliphatic heterocycles. The van der Waals surface area contributed by atoms with Crippen molar-refractivity contribution in [2.75, 3.05) is 6.61 Å². The van der Waals surface area contributed by atoms with Gasteiger partial charge in [0.1, 0.15) is 11.3 Å². The van der Waals surface area contributed by atoms with E-state index >= 15 is 0 Å². The number of halogens is 1. The molecule has 2 aliphatic rings. The molecule has 3 nitrogen and oxygen atoms in total. The topological polar surface area (TPSA) is 38.7 Å². The van der Waals surface area contributed by atoms with E-state index in [9.17, 15) is 4.79 Å². The standard InChI is InChI=1S/C15H16BrNO2/c16-12-4-5-14(19-9-11-2-1-3-11)13(8-12)15(6-7-15)17-10-18/h4-5,8,11H,1-3,6-7,9H2. The lowest BCUT2D eigenvalue weighted by Gasteiger charge is -2.26. The van der Waals surface area contributed by atoms with Crippen LogP contribution >= 0.6 is 15.9 Å². The summed E-state index contributed by atoms with van der Waals surface area (Å²) in [6.07, 6.45) is 7.36. The van der Waals surface area contributed by atoms with Crippen LogP contribution in [-0.2, 0) is 10.3 Å². The van der Waals surface area contributed by atoms with Gasteiger partial charge < -0.3 is 4.74 Å². The normalized spacial score (nSPS) is 20.3. The molecule has 100 valence electrons. The molecule has 19 heavy (non-hydrogen) atoms. The molecular weight excluding hydrogens is 306 g/mol. The highest BCUT2D eigenvalue weighted by atomic mass is 79.9. The quantitative estimate of drug-likeness (QED) is 0.608. The number of rotatable bonds is 5. The van der Waals surface area contributed by atoms with E-state index in [2.05, 4.69) is 20.9 Å². The molecule has 0 spiro atoms. The molecule has 0 radical (unpaired) electrons. The number of benzene rings is 1. The Labute approximate surface area is 121 Å². The predicted octanol–water partition coefficient (Wildman–Crippen LogP) is 3.95. The number of ether oxygens (including phenoxy) is 1. The van der Waals surface area contributed by atoms with Gasteiger partial charge in [0.05, 0.1) is 6.61 Å². The van der Waals surface area contributed by atoms with Crippen molar-refractivity contribution in [1.82, 2.24) is 0 Å². The molecule has 1 aromatic carbocycles. The monoisotopic (exact) mass is 321 g/mol. The minimum Gasteiger partial charge on any atom is -0.493 e. The minimum atomic E-state index is -0.375. The van der Waals surface area contributed by atoms with E-state index < -0.39 is 0 Å². The molecule has 0 amide bonds. The maximum Gasteiger partial charge on any atom is 0.235 e. The van der Waals surface area contributed by atoms with Gasteiger partial charge in [-0.25, -0.2) is 4.79 Å². The predicted molar refractivity (Wildman–Crippen MR) is 76.0 cm³/mol. The summed E-state index contributed by atoms with van der Waals surface area (Å²) in [7, 11) is 0. The second-order valence-corrected chi connectivity index (χ2v) is 6.40.